The van der Waals surface area contributed by atoms with E-state index in [1.807, 2.05) is 0 Å². The van der Waals surface area contributed by atoms with Crippen molar-refractivity contribution < 1.29 is 8.42 Å². The summed E-state index contributed by atoms with van der Waals surface area (Å²) in [6.45, 7) is 1.10. The summed E-state index contributed by atoms with van der Waals surface area (Å²) in [4.78, 5) is 0.0827. The van der Waals surface area contributed by atoms with Gasteiger partial charge in [0.2, 0.25) is 10.0 Å². The largest absolute Gasteiger partial charge is 0.244 e. The highest BCUT2D eigenvalue weighted by molar-refractivity contribution is 9.10. The number of benzene rings is 1. The fraction of sp³-hybridized carbons (Fsp3) is 0.455. The highest BCUT2D eigenvalue weighted by Gasteiger charge is 2.28. The van der Waals surface area contributed by atoms with Crippen molar-refractivity contribution in [1.82, 2.24) is 4.31 Å². The summed E-state index contributed by atoms with van der Waals surface area (Å²) in [5.41, 5.74) is 0. The number of sulfonamides is 1. The first kappa shape index (κ1) is 14.6. The van der Waals surface area contributed by atoms with Crippen LogP contribution in [0.25, 0.3) is 0 Å². The second-order valence-electron chi connectivity index (χ2n) is 4.16. The maximum Gasteiger partial charge on any atom is 0.244 e. The first-order valence-electron chi connectivity index (χ1n) is 5.57. The second-order valence-corrected chi connectivity index (χ2v) is 7.74. The van der Waals surface area contributed by atoms with E-state index >= 15 is 0 Å². The SMILES string of the molecule is O=S(=O)(c1cc(Cl)c(Br)cc1Cl)N1CCCCC1. The van der Waals surface area contributed by atoms with Crippen LogP contribution in [0.2, 0.25) is 10.0 Å². The number of rotatable bonds is 2. The minimum Gasteiger partial charge on any atom is -0.207 e. The molecule has 2 rings (SSSR count). The monoisotopic (exact) mass is 371 g/mol. The van der Waals surface area contributed by atoms with Crippen molar-refractivity contribution in [3.63, 3.8) is 0 Å². The third kappa shape index (κ3) is 2.85. The number of piperidine rings is 1. The van der Waals surface area contributed by atoms with E-state index < -0.39 is 10.0 Å². The number of hydrogen-bond donors (Lipinski definition) is 0. The van der Waals surface area contributed by atoms with Crippen LogP contribution in [0.15, 0.2) is 21.5 Å². The Morgan fingerprint density at radius 3 is 2.28 bits per heavy atom. The third-order valence-corrected chi connectivity index (χ3v) is 6.47. The molecule has 100 valence electrons. The molecule has 1 saturated heterocycles. The van der Waals surface area contributed by atoms with Gasteiger partial charge in [0.05, 0.1) is 10.0 Å². The van der Waals surface area contributed by atoms with Crippen LogP contribution in [-0.4, -0.2) is 25.8 Å². The summed E-state index contributed by atoms with van der Waals surface area (Å²) in [5, 5.41) is 0.534. The lowest BCUT2D eigenvalue weighted by Gasteiger charge is -2.26. The van der Waals surface area contributed by atoms with Crippen molar-refractivity contribution >= 4 is 49.2 Å². The second kappa shape index (κ2) is 5.67. The fourth-order valence-corrected chi connectivity index (χ4v) is 4.70. The molecule has 0 aliphatic carbocycles. The first-order chi connectivity index (χ1) is 8.43. The fourth-order valence-electron chi connectivity index (χ4n) is 1.95. The summed E-state index contributed by atoms with van der Waals surface area (Å²) in [6, 6.07) is 2.92. The molecule has 3 nitrogen and oxygen atoms in total. The molecule has 0 spiro atoms. The maximum absolute atomic E-state index is 12.4. The van der Waals surface area contributed by atoms with Crippen molar-refractivity contribution in [3.8, 4) is 0 Å². The van der Waals surface area contributed by atoms with Gasteiger partial charge in [-0.25, -0.2) is 8.42 Å². The molecule has 1 fully saturated rings. The van der Waals surface area contributed by atoms with E-state index in [0.29, 0.717) is 22.6 Å². The van der Waals surface area contributed by atoms with Gasteiger partial charge in [-0.1, -0.05) is 29.6 Å². The molecule has 0 amide bonds. The van der Waals surface area contributed by atoms with E-state index in [-0.39, 0.29) is 9.92 Å². The zero-order valence-electron chi connectivity index (χ0n) is 9.50. The van der Waals surface area contributed by atoms with E-state index in [4.69, 9.17) is 23.2 Å². The number of nitrogens with zero attached hydrogens (tertiary/aromatic N) is 1. The molecule has 18 heavy (non-hydrogen) atoms. The summed E-state index contributed by atoms with van der Waals surface area (Å²) in [5.74, 6) is 0. The average Bonchev–Trinajstić information content (AvgIpc) is 2.34. The van der Waals surface area contributed by atoms with Gasteiger partial charge in [-0.15, -0.1) is 0 Å². The molecule has 1 aliphatic rings. The summed E-state index contributed by atoms with van der Waals surface area (Å²) in [6.07, 6.45) is 2.85. The Balaban J connectivity index is 2.43. The molecule has 7 heteroatoms. The van der Waals surface area contributed by atoms with E-state index in [2.05, 4.69) is 15.9 Å². The highest BCUT2D eigenvalue weighted by Crippen LogP contribution is 2.34. The van der Waals surface area contributed by atoms with Crippen molar-refractivity contribution in [1.29, 1.82) is 0 Å². The van der Waals surface area contributed by atoms with E-state index in [1.165, 1.54) is 16.4 Å². The molecule has 1 aromatic carbocycles. The Kier molecular flexibility index (Phi) is 4.60. The predicted octanol–water partition coefficient (Wildman–Crippen LogP) is 3.93. The summed E-state index contributed by atoms with van der Waals surface area (Å²) >= 11 is 15.2. The van der Waals surface area contributed by atoms with Gasteiger partial charge in [-0.2, -0.15) is 4.31 Å². The smallest absolute Gasteiger partial charge is 0.207 e. The third-order valence-electron chi connectivity index (χ3n) is 2.91. The molecule has 0 aromatic heterocycles. The standard InChI is InChI=1S/C11H12BrCl2NO2S/c12-8-6-10(14)11(7-9(8)13)18(16,17)15-4-2-1-3-5-15/h6-7H,1-5H2. The minimum absolute atomic E-state index is 0.0827. The first-order valence-corrected chi connectivity index (χ1v) is 8.56. The Hall–Kier alpha value is 0.190. The van der Waals surface area contributed by atoms with Crippen molar-refractivity contribution in [2.75, 3.05) is 13.1 Å². The Morgan fingerprint density at radius 1 is 1.06 bits per heavy atom. The minimum atomic E-state index is -3.54. The van der Waals surface area contributed by atoms with Gasteiger partial charge >= 0.3 is 0 Å². The Labute approximate surface area is 125 Å². The van der Waals surface area contributed by atoms with Crippen molar-refractivity contribution in [2.24, 2.45) is 0 Å². The van der Waals surface area contributed by atoms with Crippen LogP contribution in [0.4, 0.5) is 0 Å². The van der Waals surface area contributed by atoms with E-state index in [9.17, 15) is 8.42 Å². The van der Waals surface area contributed by atoms with Crippen LogP contribution in [-0.2, 0) is 10.0 Å². The van der Waals surface area contributed by atoms with Crippen LogP contribution in [0.1, 0.15) is 19.3 Å². The predicted molar refractivity (Wildman–Crippen MR) is 76.8 cm³/mol. The molecule has 0 unspecified atom stereocenters. The molecule has 0 atom stereocenters. The lowest BCUT2D eigenvalue weighted by Crippen LogP contribution is -2.35. The Morgan fingerprint density at radius 2 is 1.67 bits per heavy atom. The zero-order chi connectivity index (χ0) is 13.3. The van der Waals surface area contributed by atoms with E-state index in [0.717, 1.165) is 19.3 Å². The molecular formula is C11H12BrCl2NO2S. The summed E-state index contributed by atoms with van der Waals surface area (Å²) in [7, 11) is -3.54. The van der Waals surface area contributed by atoms with Gasteiger partial charge in [0, 0.05) is 17.6 Å². The van der Waals surface area contributed by atoms with Gasteiger partial charge in [-0.05, 0) is 40.9 Å². The van der Waals surface area contributed by atoms with Gasteiger partial charge in [0.1, 0.15) is 4.90 Å². The Bertz CT molecular complexity index is 556. The van der Waals surface area contributed by atoms with Crippen LogP contribution in [0, 0.1) is 0 Å². The maximum atomic E-state index is 12.4. The van der Waals surface area contributed by atoms with Gasteiger partial charge in [0.25, 0.3) is 0 Å². The van der Waals surface area contributed by atoms with Gasteiger partial charge in [-0.3, -0.25) is 0 Å². The van der Waals surface area contributed by atoms with E-state index in [1.54, 1.807) is 0 Å². The van der Waals surface area contributed by atoms with Crippen molar-refractivity contribution in [2.45, 2.75) is 24.2 Å². The molecule has 0 bridgehead atoms. The average molecular weight is 373 g/mol. The molecular weight excluding hydrogens is 361 g/mol. The molecule has 1 aliphatic heterocycles. The lowest BCUT2D eigenvalue weighted by molar-refractivity contribution is 0.346. The normalized spacial score (nSPS) is 17.9. The zero-order valence-corrected chi connectivity index (χ0v) is 13.4. The molecule has 1 heterocycles. The van der Waals surface area contributed by atoms with Gasteiger partial charge < -0.3 is 0 Å². The topological polar surface area (TPSA) is 37.4 Å². The van der Waals surface area contributed by atoms with Crippen LogP contribution < -0.4 is 0 Å². The van der Waals surface area contributed by atoms with Crippen LogP contribution in [0.3, 0.4) is 0 Å². The molecule has 1 aromatic rings. The quantitative estimate of drug-likeness (QED) is 0.737. The lowest BCUT2D eigenvalue weighted by atomic mass is 10.2. The highest BCUT2D eigenvalue weighted by atomic mass is 79.9. The van der Waals surface area contributed by atoms with Crippen LogP contribution >= 0.6 is 39.1 Å². The molecule has 0 N–H and O–H groups in total. The van der Waals surface area contributed by atoms with Crippen molar-refractivity contribution in [3.05, 3.63) is 26.7 Å². The van der Waals surface area contributed by atoms with Crippen LogP contribution in [0.5, 0.6) is 0 Å². The number of halogens is 3. The molecule has 0 saturated carbocycles. The number of hydrogen-bond acceptors (Lipinski definition) is 2. The summed E-state index contributed by atoms with van der Waals surface area (Å²) < 4.78 is 26.9. The molecule has 0 radical (unpaired) electrons. The van der Waals surface area contributed by atoms with Gasteiger partial charge in [0.15, 0.2) is 0 Å².